The van der Waals surface area contributed by atoms with Gasteiger partial charge < -0.3 is 25.2 Å². The quantitative estimate of drug-likeness (QED) is 0.320. The highest BCUT2D eigenvalue weighted by Gasteiger charge is 2.49. The highest BCUT2D eigenvalue weighted by Crippen LogP contribution is 2.30. The SMILES string of the molecule is O=C(OCc1ccc([N+](=O)[O-])cc1)C1(O)C[C@@H](O)C(O)[C@H](O)C1. The number of aliphatic hydroxyl groups excluding tert-OH is 3. The molecule has 2 rings (SSSR count). The summed E-state index contributed by atoms with van der Waals surface area (Å²) >= 11 is 0. The Bertz CT molecular complexity index is 575. The summed E-state index contributed by atoms with van der Waals surface area (Å²) < 4.78 is 4.94. The second-order valence-corrected chi connectivity index (χ2v) is 5.56. The molecule has 1 aliphatic rings. The Hall–Kier alpha value is -2.07. The van der Waals surface area contributed by atoms with Gasteiger partial charge in [0, 0.05) is 25.0 Å². The van der Waals surface area contributed by atoms with Crippen LogP contribution in [0.25, 0.3) is 0 Å². The summed E-state index contributed by atoms with van der Waals surface area (Å²) in [6.07, 6.45) is -5.24. The maximum atomic E-state index is 12.0. The van der Waals surface area contributed by atoms with Crippen molar-refractivity contribution in [2.75, 3.05) is 0 Å². The molecular weight excluding hydrogens is 310 g/mol. The van der Waals surface area contributed by atoms with E-state index in [9.17, 15) is 35.3 Å². The molecule has 1 aromatic carbocycles. The van der Waals surface area contributed by atoms with Crippen molar-refractivity contribution in [3.63, 3.8) is 0 Å². The minimum atomic E-state index is -2.10. The maximum absolute atomic E-state index is 12.0. The van der Waals surface area contributed by atoms with Gasteiger partial charge in [-0.3, -0.25) is 10.1 Å². The van der Waals surface area contributed by atoms with Gasteiger partial charge in [0.25, 0.3) is 5.69 Å². The molecule has 0 bridgehead atoms. The number of hydrogen-bond acceptors (Lipinski definition) is 8. The highest BCUT2D eigenvalue weighted by molar-refractivity contribution is 5.79. The zero-order valence-electron chi connectivity index (χ0n) is 12.0. The molecule has 9 nitrogen and oxygen atoms in total. The van der Waals surface area contributed by atoms with E-state index in [1.165, 1.54) is 24.3 Å². The molecule has 4 N–H and O–H groups in total. The number of nitrogens with zero attached hydrogens (tertiary/aromatic N) is 1. The number of ether oxygens (including phenoxy) is 1. The van der Waals surface area contributed by atoms with Crippen LogP contribution < -0.4 is 0 Å². The van der Waals surface area contributed by atoms with Crippen LogP contribution in [0, 0.1) is 10.1 Å². The molecule has 2 atom stereocenters. The standard InChI is InChI=1S/C14H17NO8/c16-10-5-14(20,6-11(17)12(10)18)13(19)23-7-8-1-3-9(4-2-8)15(21)22/h1-4,10-12,16-18,20H,5-7H2/t10-,11-,12?,14?/m1/s1. The van der Waals surface area contributed by atoms with Crippen LogP contribution in [0.2, 0.25) is 0 Å². The van der Waals surface area contributed by atoms with Crippen molar-refractivity contribution in [2.24, 2.45) is 0 Å². The van der Waals surface area contributed by atoms with Crippen LogP contribution in [0.1, 0.15) is 18.4 Å². The third kappa shape index (κ3) is 3.82. The number of rotatable bonds is 4. The van der Waals surface area contributed by atoms with Crippen molar-refractivity contribution in [2.45, 2.75) is 43.4 Å². The lowest BCUT2D eigenvalue weighted by Crippen LogP contribution is -2.56. The van der Waals surface area contributed by atoms with Gasteiger partial charge in [-0.2, -0.15) is 0 Å². The van der Waals surface area contributed by atoms with Crippen LogP contribution in [-0.2, 0) is 16.1 Å². The number of non-ortho nitro benzene ring substituents is 1. The first-order valence-electron chi connectivity index (χ1n) is 6.90. The van der Waals surface area contributed by atoms with E-state index in [1.807, 2.05) is 0 Å². The van der Waals surface area contributed by atoms with Crippen molar-refractivity contribution in [3.8, 4) is 0 Å². The van der Waals surface area contributed by atoms with Gasteiger partial charge in [0.05, 0.1) is 17.1 Å². The fraction of sp³-hybridized carbons (Fsp3) is 0.500. The Morgan fingerprint density at radius 3 is 2.22 bits per heavy atom. The number of nitro groups is 1. The van der Waals surface area contributed by atoms with Crippen molar-refractivity contribution in [1.29, 1.82) is 0 Å². The first kappa shape index (κ1) is 17.3. The molecule has 0 unspecified atom stereocenters. The van der Waals surface area contributed by atoms with Crippen LogP contribution in [0.3, 0.4) is 0 Å². The van der Waals surface area contributed by atoms with Crippen LogP contribution in [0.4, 0.5) is 5.69 Å². The van der Waals surface area contributed by atoms with Crippen molar-refractivity contribution in [3.05, 3.63) is 39.9 Å². The third-order valence-corrected chi connectivity index (χ3v) is 3.78. The lowest BCUT2D eigenvalue weighted by molar-refractivity contribution is -0.384. The van der Waals surface area contributed by atoms with Gasteiger partial charge in [0.2, 0.25) is 0 Å². The molecule has 0 amide bonds. The molecule has 0 aromatic heterocycles. The number of carbonyl (C=O) groups is 1. The first-order valence-corrected chi connectivity index (χ1v) is 6.90. The van der Waals surface area contributed by atoms with E-state index in [0.29, 0.717) is 5.56 Å². The van der Waals surface area contributed by atoms with Gasteiger partial charge >= 0.3 is 5.97 Å². The predicted molar refractivity (Wildman–Crippen MR) is 75.1 cm³/mol. The Morgan fingerprint density at radius 1 is 1.22 bits per heavy atom. The summed E-state index contributed by atoms with van der Waals surface area (Å²) in [6.45, 7) is -0.228. The predicted octanol–water partition coefficient (Wildman–Crippen LogP) is -0.754. The molecule has 0 heterocycles. The Kier molecular flexibility index (Phi) is 4.95. The van der Waals surface area contributed by atoms with E-state index in [-0.39, 0.29) is 12.3 Å². The summed E-state index contributed by atoms with van der Waals surface area (Å²) in [5, 5.41) is 49.3. The topological polar surface area (TPSA) is 150 Å². The van der Waals surface area contributed by atoms with Gasteiger partial charge in [-0.1, -0.05) is 0 Å². The van der Waals surface area contributed by atoms with E-state index < -0.39 is 47.6 Å². The lowest BCUT2D eigenvalue weighted by Gasteiger charge is -2.38. The second-order valence-electron chi connectivity index (χ2n) is 5.56. The third-order valence-electron chi connectivity index (χ3n) is 3.78. The van der Waals surface area contributed by atoms with E-state index in [4.69, 9.17) is 4.74 Å². The molecule has 0 spiro atoms. The number of hydrogen-bond donors (Lipinski definition) is 4. The van der Waals surface area contributed by atoms with Gasteiger partial charge in [-0.25, -0.2) is 4.79 Å². The summed E-state index contributed by atoms with van der Waals surface area (Å²) in [4.78, 5) is 22.0. The monoisotopic (exact) mass is 327 g/mol. The molecule has 0 saturated heterocycles. The molecular formula is C14H17NO8. The minimum absolute atomic E-state index is 0.105. The molecule has 0 radical (unpaired) electrons. The number of nitro benzene ring substituents is 1. The average Bonchev–Trinajstić information content (AvgIpc) is 2.50. The highest BCUT2D eigenvalue weighted by atomic mass is 16.6. The molecule has 126 valence electrons. The number of esters is 1. The second kappa shape index (κ2) is 6.59. The lowest BCUT2D eigenvalue weighted by atomic mass is 9.80. The Labute approximate surface area is 130 Å². The molecule has 1 aliphatic carbocycles. The van der Waals surface area contributed by atoms with Gasteiger partial charge in [0.1, 0.15) is 12.7 Å². The number of benzene rings is 1. The zero-order valence-corrected chi connectivity index (χ0v) is 12.0. The van der Waals surface area contributed by atoms with Crippen LogP contribution in [0.15, 0.2) is 24.3 Å². The summed E-state index contributed by atoms with van der Waals surface area (Å²) in [5.41, 5.74) is -1.73. The van der Waals surface area contributed by atoms with Crippen molar-refractivity contribution < 1.29 is 34.9 Å². The molecule has 1 aromatic rings. The summed E-state index contributed by atoms with van der Waals surface area (Å²) in [7, 11) is 0. The zero-order chi connectivity index (χ0) is 17.2. The van der Waals surface area contributed by atoms with Gasteiger partial charge in [0.15, 0.2) is 5.60 Å². The fourth-order valence-electron chi connectivity index (χ4n) is 2.44. The smallest absolute Gasteiger partial charge is 0.338 e. The van der Waals surface area contributed by atoms with E-state index in [2.05, 4.69) is 0 Å². The van der Waals surface area contributed by atoms with E-state index >= 15 is 0 Å². The summed E-state index contributed by atoms with van der Waals surface area (Å²) in [5.74, 6) is -1.04. The van der Waals surface area contributed by atoms with Crippen LogP contribution in [0.5, 0.6) is 0 Å². The number of carbonyl (C=O) groups excluding carboxylic acids is 1. The average molecular weight is 327 g/mol. The van der Waals surface area contributed by atoms with E-state index in [0.717, 1.165) is 0 Å². The van der Waals surface area contributed by atoms with Gasteiger partial charge in [-0.15, -0.1) is 0 Å². The van der Waals surface area contributed by atoms with Crippen molar-refractivity contribution in [1.82, 2.24) is 0 Å². The molecule has 9 heteroatoms. The van der Waals surface area contributed by atoms with Crippen LogP contribution >= 0.6 is 0 Å². The normalized spacial score (nSPS) is 30.7. The largest absolute Gasteiger partial charge is 0.459 e. The Morgan fingerprint density at radius 2 is 1.74 bits per heavy atom. The summed E-state index contributed by atoms with van der Waals surface area (Å²) in [6, 6.07) is 5.32. The number of aliphatic hydroxyl groups is 4. The molecule has 1 fully saturated rings. The van der Waals surface area contributed by atoms with Gasteiger partial charge in [-0.05, 0) is 17.7 Å². The Balaban J connectivity index is 1.97. The van der Waals surface area contributed by atoms with Crippen LogP contribution in [-0.4, -0.2) is 55.2 Å². The fourth-order valence-corrected chi connectivity index (χ4v) is 2.44. The molecule has 1 saturated carbocycles. The first-order chi connectivity index (χ1) is 10.7. The molecule has 0 aliphatic heterocycles. The van der Waals surface area contributed by atoms with Crippen molar-refractivity contribution >= 4 is 11.7 Å². The minimum Gasteiger partial charge on any atom is -0.459 e. The van der Waals surface area contributed by atoms with E-state index in [1.54, 1.807) is 0 Å². The maximum Gasteiger partial charge on any atom is 0.338 e. The molecule has 23 heavy (non-hydrogen) atoms.